The van der Waals surface area contributed by atoms with Gasteiger partial charge in [-0.3, -0.25) is 0 Å². The number of nitrogens with zero attached hydrogens (tertiary/aromatic N) is 3. The first-order valence-electron chi connectivity index (χ1n) is 15.7. The predicted molar refractivity (Wildman–Crippen MR) is 193 cm³/mol. The van der Waals surface area contributed by atoms with Gasteiger partial charge in [0.05, 0.1) is 39.1 Å². The highest BCUT2D eigenvalue weighted by atomic mass is 16.3. The summed E-state index contributed by atoms with van der Waals surface area (Å²) in [5.41, 5.74) is 11.0. The number of nitriles is 1. The normalized spacial score (nSPS) is 11.8. The fourth-order valence-electron chi connectivity index (χ4n) is 7.50. The predicted octanol–water partition coefficient (Wildman–Crippen LogP) is 11.3. The Balaban J connectivity index is 1.34. The number of fused-ring (bicyclic) bond motifs is 10. The molecule has 0 spiro atoms. The van der Waals surface area contributed by atoms with E-state index in [-0.39, 0.29) is 0 Å². The highest BCUT2D eigenvalue weighted by molar-refractivity contribution is 6.24. The molecule has 4 nitrogen and oxygen atoms in total. The third kappa shape index (κ3) is 3.69. The lowest BCUT2D eigenvalue weighted by molar-refractivity contribution is 0.673. The van der Waals surface area contributed by atoms with Crippen molar-refractivity contribution in [2.75, 3.05) is 0 Å². The highest BCUT2D eigenvalue weighted by Gasteiger charge is 2.20. The summed E-state index contributed by atoms with van der Waals surface area (Å²) >= 11 is 0. The third-order valence-electron chi connectivity index (χ3n) is 9.50. The molecule has 3 heterocycles. The number of aromatic nitrogens is 2. The molecule has 218 valence electrons. The number of hydrogen-bond acceptors (Lipinski definition) is 2. The van der Waals surface area contributed by atoms with Gasteiger partial charge in [-0.25, -0.2) is 0 Å². The van der Waals surface area contributed by atoms with E-state index in [0.717, 1.165) is 77.3 Å². The second-order valence-corrected chi connectivity index (χ2v) is 12.1. The van der Waals surface area contributed by atoms with Crippen LogP contribution in [-0.2, 0) is 0 Å². The van der Waals surface area contributed by atoms with E-state index in [0.29, 0.717) is 5.56 Å². The number of para-hydroxylation sites is 4. The molecule has 0 N–H and O–H groups in total. The zero-order chi connectivity index (χ0) is 31.1. The molecule has 10 aromatic rings. The molecule has 0 aliphatic heterocycles. The summed E-state index contributed by atoms with van der Waals surface area (Å²) in [4.78, 5) is 0. The van der Waals surface area contributed by atoms with E-state index in [1.54, 1.807) is 0 Å². The zero-order valence-corrected chi connectivity index (χ0v) is 25.2. The van der Waals surface area contributed by atoms with Crippen LogP contribution in [0.4, 0.5) is 0 Å². The molecule has 0 saturated carbocycles. The molecule has 10 rings (SSSR count). The van der Waals surface area contributed by atoms with Crippen LogP contribution in [0.5, 0.6) is 0 Å². The van der Waals surface area contributed by atoms with Crippen LogP contribution in [0.25, 0.3) is 88.1 Å². The van der Waals surface area contributed by atoms with Gasteiger partial charge in [-0.15, -0.1) is 0 Å². The molecule has 0 saturated heterocycles. The maximum absolute atomic E-state index is 9.76. The molecular weight excluding hydrogens is 574 g/mol. The molecule has 0 aliphatic rings. The highest BCUT2D eigenvalue weighted by Crippen LogP contribution is 2.42. The van der Waals surface area contributed by atoms with Gasteiger partial charge in [0.2, 0.25) is 0 Å². The van der Waals surface area contributed by atoms with Crippen molar-refractivity contribution in [2.45, 2.75) is 0 Å². The van der Waals surface area contributed by atoms with Gasteiger partial charge >= 0.3 is 0 Å². The van der Waals surface area contributed by atoms with Crippen LogP contribution in [-0.4, -0.2) is 9.13 Å². The van der Waals surface area contributed by atoms with E-state index in [4.69, 9.17) is 4.42 Å². The fraction of sp³-hybridized carbons (Fsp3) is 0. The second kappa shape index (κ2) is 9.71. The Labute approximate surface area is 269 Å². The van der Waals surface area contributed by atoms with E-state index in [2.05, 4.69) is 137 Å². The van der Waals surface area contributed by atoms with E-state index in [1.807, 2.05) is 30.3 Å². The van der Waals surface area contributed by atoms with Crippen molar-refractivity contribution in [1.29, 1.82) is 5.26 Å². The van der Waals surface area contributed by atoms with Crippen LogP contribution in [0.15, 0.2) is 156 Å². The molecule has 0 radical (unpaired) electrons. The topological polar surface area (TPSA) is 46.8 Å². The summed E-state index contributed by atoms with van der Waals surface area (Å²) in [6.07, 6.45) is 0. The average molecular weight is 600 g/mol. The van der Waals surface area contributed by atoms with Crippen LogP contribution in [0.1, 0.15) is 5.56 Å². The summed E-state index contributed by atoms with van der Waals surface area (Å²) in [7, 11) is 0. The van der Waals surface area contributed by atoms with Crippen LogP contribution in [0, 0.1) is 11.3 Å². The monoisotopic (exact) mass is 599 g/mol. The van der Waals surface area contributed by atoms with Crippen molar-refractivity contribution in [3.05, 3.63) is 157 Å². The van der Waals surface area contributed by atoms with Crippen molar-refractivity contribution in [3.8, 4) is 28.6 Å². The Hall–Kier alpha value is -6.57. The lowest BCUT2D eigenvalue weighted by atomic mass is 10.0. The van der Waals surface area contributed by atoms with Gasteiger partial charge in [0.15, 0.2) is 0 Å². The lowest BCUT2D eigenvalue weighted by Crippen LogP contribution is -2.00. The number of hydrogen-bond donors (Lipinski definition) is 0. The quantitative estimate of drug-likeness (QED) is 0.203. The standard InChI is InChI=1S/C43H25N3O/c44-26-27-10-9-11-28(22-27)29-23-30(45-37-16-5-1-12-32(37)33-13-2-6-17-38(33)45)25-31(24-29)46-39-18-7-3-15-36(39)42-40(46)21-20-35-34-14-4-8-19-41(34)47-43(35)42/h1-25H. The molecule has 4 heteroatoms. The minimum absolute atomic E-state index is 0.635. The summed E-state index contributed by atoms with van der Waals surface area (Å²) in [6, 6.07) is 55.4. The van der Waals surface area contributed by atoms with Crippen LogP contribution in [0.3, 0.4) is 0 Å². The summed E-state index contributed by atoms with van der Waals surface area (Å²) < 4.78 is 11.3. The molecule has 0 aliphatic carbocycles. The Morgan fingerprint density at radius 1 is 0.447 bits per heavy atom. The summed E-state index contributed by atoms with van der Waals surface area (Å²) in [6.45, 7) is 0. The number of furan rings is 1. The SMILES string of the molecule is N#Cc1cccc(-c2cc(-n3c4ccccc4c4ccccc43)cc(-n3c4ccccc4c4c5oc6ccccc6c5ccc43)c2)c1. The van der Waals surface area contributed by atoms with E-state index in [1.165, 1.54) is 10.8 Å². The largest absolute Gasteiger partial charge is 0.455 e. The Morgan fingerprint density at radius 3 is 1.74 bits per heavy atom. The molecule has 0 fully saturated rings. The molecule has 47 heavy (non-hydrogen) atoms. The summed E-state index contributed by atoms with van der Waals surface area (Å²) in [5, 5.41) is 16.7. The van der Waals surface area contributed by atoms with Crippen molar-refractivity contribution in [2.24, 2.45) is 0 Å². The zero-order valence-electron chi connectivity index (χ0n) is 25.2. The first-order chi connectivity index (χ1) is 23.3. The van der Waals surface area contributed by atoms with Crippen molar-refractivity contribution >= 4 is 65.6 Å². The van der Waals surface area contributed by atoms with Crippen molar-refractivity contribution in [3.63, 3.8) is 0 Å². The minimum atomic E-state index is 0.635. The number of rotatable bonds is 3. The van der Waals surface area contributed by atoms with Crippen molar-refractivity contribution in [1.82, 2.24) is 9.13 Å². The molecule has 0 amide bonds. The molecule has 0 unspecified atom stereocenters. The molecule has 7 aromatic carbocycles. The maximum Gasteiger partial charge on any atom is 0.145 e. The molecular formula is C43H25N3O. The average Bonchev–Trinajstić information content (AvgIpc) is 3.79. The molecule has 0 bridgehead atoms. The van der Waals surface area contributed by atoms with E-state index in [9.17, 15) is 5.26 Å². The second-order valence-electron chi connectivity index (χ2n) is 12.1. The van der Waals surface area contributed by atoms with Gasteiger partial charge in [-0.1, -0.05) is 84.9 Å². The molecule has 3 aromatic heterocycles. The first-order valence-corrected chi connectivity index (χ1v) is 15.7. The van der Waals surface area contributed by atoms with E-state index >= 15 is 0 Å². The Morgan fingerprint density at radius 2 is 1.04 bits per heavy atom. The van der Waals surface area contributed by atoms with Gasteiger partial charge < -0.3 is 13.6 Å². The Bertz CT molecular complexity index is 2880. The van der Waals surface area contributed by atoms with Gasteiger partial charge in [0, 0.05) is 38.3 Å². The lowest BCUT2D eigenvalue weighted by Gasteiger charge is -2.16. The van der Waals surface area contributed by atoms with Crippen molar-refractivity contribution < 1.29 is 4.42 Å². The number of benzene rings is 7. The van der Waals surface area contributed by atoms with Crippen LogP contribution < -0.4 is 0 Å². The minimum Gasteiger partial charge on any atom is -0.455 e. The van der Waals surface area contributed by atoms with Gasteiger partial charge in [0.1, 0.15) is 11.2 Å². The van der Waals surface area contributed by atoms with Crippen LogP contribution >= 0.6 is 0 Å². The smallest absolute Gasteiger partial charge is 0.145 e. The maximum atomic E-state index is 9.76. The molecule has 0 atom stereocenters. The first kappa shape index (κ1) is 25.7. The van der Waals surface area contributed by atoms with Gasteiger partial charge in [-0.2, -0.15) is 5.26 Å². The van der Waals surface area contributed by atoms with Gasteiger partial charge in [-0.05, 0) is 77.9 Å². The third-order valence-corrected chi connectivity index (χ3v) is 9.50. The van der Waals surface area contributed by atoms with Gasteiger partial charge in [0.25, 0.3) is 0 Å². The fourth-order valence-corrected chi connectivity index (χ4v) is 7.50. The Kier molecular flexibility index (Phi) is 5.32. The summed E-state index contributed by atoms with van der Waals surface area (Å²) in [5.74, 6) is 0. The van der Waals surface area contributed by atoms with Crippen LogP contribution in [0.2, 0.25) is 0 Å². The van der Waals surface area contributed by atoms with E-state index < -0.39 is 0 Å².